The third kappa shape index (κ3) is 33.2. The number of quaternary nitrogens is 2. The van der Waals surface area contributed by atoms with E-state index in [1.807, 2.05) is 12.1 Å². The summed E-state index contributed by atoms with van der Waals surface area (Å²) in [6.45, 7) is 16.6. The second-order valence-corrected chi connectivity index (χ2v) is 11.2. The Bertz CT molecular complexity index is 529. The molecule has 0 aromatic heterocycles. The maximum atomic E-state index is 10.7. The van der Waals surface area contributed by atoms with Crippen LogP contribution in [0, 0.1) is 0 Å². The monoisotopic (exact) mass is 549 g/mol. The first kappa shape index (κ1) is 40.3. The minimum absolute atomic E-state index is 0.349. The topological polar surface area (TPSA) is 79.3 Å². The molecule has 0 unspecified atom stereocenters. The summed E-state index contributed by atoms with van der Waals surface area (Å²) in [4.78, 5) is 0. The summed E-state index contributed by atoms with van der Waals surface area (Å²) in [7, 11) is -1.85. The fourth-order valence-electron chi connectivity index (χ4n) is 4.34. The number of nitrogens with two attached hydrogens (primary N) is 2. The SMILES string of the molecule is CCCCCCCCCCCCc1ccc(B([O-])[O-])cc1.CCCC[NH2+]CCCC.CCCC[NH2+]CCCC. The Hall–Kier alpha value is -0.875. The molecular formula is C34H69BN2O2. The summed E-state index contributed by atoms with van der Waals surface area (Å²) in [6, 6.07) is 7.20. The zero-order valence-electron chi connectivity index (χ0n) is 27.1. The summed E-state index contributed by atoms with van der Waals surface area (Å²) in [5.41, 5.74) is 1.58. The van der Waals surface area contributed by atoms with E-state index in [0.29, 0.717) is 5.46 Å². The van der Waals surface area contributed by atoms with E-state index in [4.69, 9.17) is 0 Å². The fourth-order valence-corrected chi connectivity index (χ4v) is 4.34. The van der Waals surface area contributed by atoms with Crippen molar-refractivity contribution >= 4 is 12.6 Å². The second-order valence-electron chi connectivity index (χ2n) is 11.2. The van der Waals surface area contributed by atoms with Gasteiger partial charge in [0.2, 0.25) is 0 Å². The van der Waals surface area contributed by atoms with Gasteiger partial charge in [-0.2, -0.15) is 0 Å². The van der Waals surface area contributed by atoms with Gasteiger partial charge in [-0.1, -0.05) is 149 Å². The first-order chi connectivity index (χ1) is 19.1. The Morgan fingerprint density at radius 1 is 0.462 bits per heavy atom. The number of hydrogen-bond acceptors (Lipinski definition) is 2. The van der Waals surface area contributed by atoms with E-state index in [0.717, 1.165) is 6.42 Å². The van der Waals surface area contributed by atoms with E-state index in [2.05, 4.69) is 45.3 Å². The molecule has 0 amide bonds. The molecule has 0 spiro atoms. The van der Waals surface area contributed by atoms with E-state index in [9.17, 15) is 10.0 Å². The number of rotatable bonds is 24. The highest BCUT2D eigenvalue weighted by Gasteiger charge is 1.96. The summed E-state index contributed by atoms with van der Waals surface area (Å²) in [5.74, 6) is 0. The number of unbranched alkanes of at least 4 members (excludes halogenated alkanes) is 13. The van der Waals surface area contributed by atoms with Crippen molar-refractivity contribution in [2.75, 3.05) is 26.2 Å². The molecule has 1 aromatic rings. The molecule has 0 saturated carbocycles. The summed E-state index contributed by atoms with van der Waals surface area (Å²) < 4.78 is 0. The van der Waals surface area contributed by atoms with Crippen molar-refractivity contribution in [3.05, 3.63) is 29.8 Å². The van der Waals surface area contributed by atoms with Crippen molar-refractivity contribution in [3.8, 4) is 0 Å². The van der Waals surface area contributed by atoms with Gasteiger partial charge >= 0.3 is 0 Å². The minimum atomic E-state index is -1.85. The van der Waals surface area contributed by atoms with Gasteiger partial charge < -0.3 is 20.7 Å². The van der Waals surface area contributed by atoms with Crippen LogP contribution in [0.2, 0.25) is 0 Å². The largest absolute Gasteiger partial charge is 0.889 e. The second kappa shape index (κ2) is 35.2. The Balaban J connectivity index is 0. The summed E-state index contributed by atoms with van der Waals surface area (Å²) >= 11 is 0. The molecule has 0 aliphatic carbocycles. The van der Waals surface area contributed by atoms with Crippen molar-refractivity contribution < 1.29 is 20.7 Å². The predicted molar refractivity (Wildman–Crippen MR) is 170 cm³/mol. The lowest BCUT2D eigenvalue weighted by atomic mass is 9.80. The average molecular weight is 549 g/mol. The standard InChI is InChI=1S/C18H29BO2.2C8H19N/c1-2-3-4-5-6-7-8-9-10-11-12-17-13-15-18(16-14-17)19(20)21;2*1-3-5-7-9-8-6-4-2/h13-16H,2-12H2,1H3;2*9H,3-8H2,1-2H3/q-2;;/p+2. The lowest BCUT2D eigenvalue weighted by molar-refractivity contribution is -0.655. The van der Waals surface area contributed by atoms with Gasteiger partial charge in [-0.15, -0.1) is 5.46 Å². The summed E-state index contributed by atoms with van der Waals surface area (Å²) in [5, 5.41) is 26.3. The van der Waals surface area contributed by atoms with Crippen molar-refractivity contribution in [2.45, 2.75) is 157 Å². The Morgan fingerprint density at radius 2 is 0.795 bits per heavy atom. The number of aryl methyl sites for hydroxylation is 1. The maximum Gasteiger partial charge on any atom is 0.0755 e. The molecule has 0 fully saturated rings. The van der Waals surface area contributed by atoms with Crippen molar-refractivity contribution in [1.82, 2.24) is 0 Å². The van der Waals surface area contributed by atoms with Crippen LogP contribution in [0.3, 0.4) is 0 Å². The molecule has 0 atom stereocenters. The summed E-state index contributed by atoms with van der Waals surface area (Å²) in [6.07, 6.45) is 25.4. The van der Waals surface area contributed by atoms with Crippen molar-refractivity contribution in [1.29, 1.82) is 0 Å². The molecule has 0 radical (unpaired) electrons. The van der Waals surface area contributed by atoms with E-state index < -0.39 is 7.12 Å². The number of benzene rings is 1. The third-order valence-corrected chi connectivity index (χ3v) is 7.12. The van der Waals surface area contributed by atoms with Gasteiger partial charge in [0.1, 0.15) is 0 Å². The van der Waals surface area contributed by atoms with Crippen LogP contribution in [0.5, 0.6) is 0 Å². The van der Waals surface area contributed by atoms with Gasteiger partial charge in [0.15, 0.2) is 0 Å². The Labute approximate surface area is 245 Å². The average Bonchev–Trinajstić information content (AvgIpc) is 2.95. The van der Waals surface area contributed by atoms with Gasteiger partial charge in [0.25, 0.3) is 0 Å². The molecule has 0 saturated heterocycles. The molecule has 5 heteroatoms. The normalized spacial score (nSPS) is 10.4. The molecule has 1 rings (SSSR count). The van der Waals surface area contributed by atoms with Crippen LogP contribution in [0.4, 0.5) is 0 Å². The lowest BCUT2D eigenvalue weighted by Gasteiger charge is -2.26. The number of hydrogen-bond donors (Lipinski definition) is 2. The van der Waals surface area contributed by atoms with Gasteiger partial charge in [-0.05, 0) is 44.1 Å². The van der Waals surface area contributed by atoms with Crippen molar-refractivity contribution in [2.24, 2.45) is 0 Å². The maximum absolute atomic E-state index is 10.7. The smallest absolute Gasteiger partial charge is 0.0755 e. The first-order valence-electron chi connectivity index (χ1n) is 17.1. The third-order valence-electron chi connectivity index (χ3n) is 7.12. The van der Waals surface area contributed by atoms with Crippen LogP contribution < -0.4 is 26.1 Å². The van der Waals surface area contributed by atoms with Gasteiger partial charge in [-0.25, -0.2) is 0 Å². The first-order valence-corrected chi connectivity index (χ1v) is 17.1. The Morgan fingerprint density at radius 3 is 1.13 bits per heavy atom. The van der Waals surface area contributed by atoms with Crippen LogP contribution in [0.1, 0.15) is 156 Å². The zero-order valence-corrected chi connectivity index (χ0v) is 27.1. The molecule has 1 aromatic carbocycles. The van der Waals surface area contributed by atoms with Gasteiger partial charge in [0, 0.05) is 0 Å². The van der Waals surface area contributed by atoms with Gasteiger partial charge in [0.05, 0.1) is 26.2 Å². The highest BCUT2D eigenvalue weighted by molar-refractivity contribution is 6.55. The highest BCUT2D eigenvalue weighted by atomic mass is 16.4. The van der Waals surface area contributed by atoms with Gasteiger partial charge in [-0.3, -0.25) is 0 Å². The molecular weight excluding hydrogens is 479 g/mol. The van der Waals surface area contributed by atoms with E-state index in [1.54, 1.807) is 12.1 Å². The molecule has 39 heavy (non-hydrogen) atoms. The van der Waals surface area contributed by atoms with Crippen LogP contribution in [0.25, 0.3) is 0 Å². The molecule has 4 N–H and O–H groups in total. The van der Waals surface area contributed by atoms with Crippen LogP contribution >= 0.6 is 0 Å². The van der Waals surface area contributed by atoms with E-state index in [1.165, 1.54) is 147 Å². The van der Waals surface area contributed by atoms with Crippen LogP contribution in [-0.4, -0.2) is 33.3 Å². The highest BCUT2D eigenvalue weighted by Crippen LogP contribution is 2.12. The lowest BCUT2D eigenvalue weighted by Crippen LogP contribution is -2.84. The van der Waals surface area contributed by atoms with Crippen LogP contribution in [-0.2, 0) is 6.42 Å². The Kier molecular flexibility index (Phi) is 36.3. The van der Waals surface area contributed by atoms with E-state index in [-0.39, 0.29) is 0 Å². The molecule has 0 aliphatic heterocycles. The van der Waals surface area contributed by atoms with Crippen LogP contribution in [0.15, 0.2) is 24.3 Å². The molecule has 0 heterocycles. The van der Waals surface area contributed by atoms with E-state index >= 15 is 0 Å². The molecule has 4 nitrogen and oxygen atoms in total. The minimum Gasteiger partial charge on any atom is -0.889 e. The zero-order chi connectivity index (χ0) is 29.2. The van der Waals surface area contributed by atoms with Crippen molar-refractivity contribution in [3.63, 3.8) is 0 Å². The predicted octanol–water partition coefficient (Wildman–Crippen LogP) is 4.87. The molecule has 0 aliphatic rings. The molecule has 230 valence electrons. The quantitative estimate of drug-likeness (QED) is 0.143. The molecule has 0 bridgehead atoms. The fraction of sp³-hybridized carbons (Fsp3) is 0.824.